The van der Waals surface area contributed by atoms with Crippen molar-refractivity contribution >= 4 is 0 Å². The molecule has 64 valence electrons. The van der Waals surface area contributed by atoms with Gasteiger partial charge in [-0.25, -0.2) is 0 Å². The van der Waals surface area contributed by atoms with Crippen LogP contribution in [0.2, 0.25) is 0 Å². The van der Waals surface area contributed by atoms with Gasteiger partial charge in [-0.15, -0.1) is 0 Å². The first-order chi connectivity index (χ1) is 5.35. The molecule has 0 N–H and O–H groups in total. The lowest BCUT2D eigenvalue weighted by Gasteiger charge is -2.10. The average molecular weight is 156 g/mol. The van der Waals surface area contributed by atoms with E-state index in [4.69, 9.17) is 9.47 Å². The van der Waals surface area contributed by atoms with Crippen molar-refractivity contribution in [3.05, 3.63) is 24.8 Å². The Bertz CT molecular complexity index is 115. The minimum atomic E-state index is -0.0792. The Morgan fingerprint density at radius 2 is 2.00 bits per heavy atom. The number of hydrogen-bond acceptors (Lipinski definition) is 2. The highest BCUT2D eigenvalue weighted by atomic mass is 16.7. The van der Waals surface area contributed by atoms with Gasteiger partial charge < -0.3 is 9.47 Å². The van der Waals surface area contributed by atoms with Crippen LogP contribution in [0, 0.1) is 0 Å². The molecule has 0 aliphatic heterocycles. The van der Waals surface area contributed by atoms with Crippen LogP contribution < -0.4 is 0 Å². The maximum absolute atomic E-state index is 5.00. The molecular formula is C9H16O2. The molecule has 0 aromatic carbocycles. The van der Waals surface area contributed by atoms with Crippen LogP contribution in [-0.4, -0.2) is 20.5 Å². The fourth-order valence-electron chi connectivity index (χ4n) is 0.757. The molecule has 0 heterocycles. The number of allylic oxidation sites excluding steroid dienone is 3. The second-order valence-electron chi connectivity index (χ2n) is 2.14. The fourth-order valence-corrected chi connectivity index (χ4v) is 0.757. The van der Waals surface area contributed by atoms with Gasteiger partial charge in [0.15, 0.2) is 6.29 Å². The molecule has 0 aliphatic rings. The summed E-state index contributed by atoms with van der Waals surface area (Å²) < 4.78 is 10.00. The van der Waals surface area contributed by atoms with Gasteiger partial charge in [0.05, 0.1) is 0 Å². The van der Waals surface area contributed by atoms with Crippen molar-refractivity contribution in [2.24, 2.45) is 0 Å². The molecule has 0 bridgehead atoms. The molecule has 0 saturated heterocycles. The van der Waals surface area contributed by atoms with Gasteiger partial charge in [-0.05, 0) is 6.42 Å². The zero-order chi connectivity index (χ0) is 8.53. The average Bonchev–Trinajstić information content (AvgIpc) is 2.05. The summed E-state index contributed by atoms with van der Waals surface area (Å²) in [6.45, 7) is 3.57. The Morgan fingerprint density at radius 1 is 1.36 bits per heavy atom. The van der Waals surface area contributed by atoms with E-state index >= 15 is 0 Å². The first-order valence-corrected chi connectivity index (χ1v) is 3.68. The zero-order valence-electron chi connectivity index (χ0n) is 7.25. The Balaban J connectivity index is 3.34. The molecule has 0 saturated carbocycles. The summed E-state index contributed by atoms with van der Waals surface area (Å²) >= 11 is 0. The predicted molar refractivity (Wildman–Crippen MR) is 46.4 cm³/mol. The third-order valence-corrected chi connectivity index (χ3v) is 1.37. The quantitative estimate of drug-likeness (QED) is 0.433. The van der Waals surface area contributed by atoms with E-state index in [-0.39, 0.29) is 6.29 Å². The van der Waals surface area contributed by atoms with Gasteiger partial charge >= 0.3 is 0 Å². The monoisotopic (exact) mass is 156 g/mol. The van der Waals surface area contributed by atoms with Crippen LogP contribution in [0.4, 0.5) is 0 Å². The van der Waals surface area contributed by atoms with Gasteiger partial charge in [0.25, 0.3) is 0 Å². The van der Waals surface area contributed by atoms with Crippen LogP contribution in [0.1, 0.15) is 12.8 Å². The Labute approximate surface area is 68.5 Å². The molecular weight excluding hydrogens is 140 g/mol. The highest BCUT2D eigenvalue weighted by molar-refractivity contribution is 4.96. The Hall–Kier alpha value is -0.600. The van der Waals surface area contributed by atoms with Crippen molar-refractivity contribution in [2.75, 3.05) is 14.2 Å². The molecule has 0 spiro atoms. The third-order valence-electron chi connectivity index (χ3n) is 1.37. The van der Waals surface area contributed by atoms with Gasteiger partial charge in [0.1, 0.15) is 0 Å². The van der Waals surface area contributed by atoms with Crippen LogP contribution in [0.15, 0.2) is 24.8 Å². The van der Waals surface area contributed by atoms with Crippen molar-refractivity contribution in [3.63, 3.8) is 0 Å². The summed E-state index contributed by atoms with van der Waals surface area (Å²) in [5.41, 5.74) is 0. The second-order valence-corrected chi connectivity index (χ2v) is 2.14. The van der Waals surface area contributed by atoms with Crippen molar-refractivity contribution in [1.29, 1.82) is 0 Å². The molecule has 0 aromatic heterocycles. The zero-order valence-corrected chi connectivity index (χ0v) is 7.25. The SMILES string of the molecule is C=C/C=C/CCC(OC)OC. The van der Waals surface area contributed by atoms with Crippen molar-refractivity contribution < 1.29 is 9.47 Å². The van der Waals surface area contributed by atoms with Crippen LogP contribution in [0.5, 0.6) is 0 Å². The largest absolute Gasteiger partial charge is 0.356 e. The fraction of sp³-hybridized carbons (Fsp3) is 0.556. The molecule has 0 unspecified atom stereocenters. The topological polar surface area (TPSA) is 18.5 Å². The minimum absolute atomic E-state index is 0.0792. The summed E-state index contributed by atoms with van der Waals surface area (Å²) in [6, 6.07) is 0. The molecule has 2 nitrogen and oxygen atoms in total. The smallest absolute Gasteiger partial charge is 0.157 e. The normalized spacial score (nSPS) is 11.2. The van der Waals surface area contributed by atoms with Gasteiger partial charge in [-0.2, -0.15) is 0 Å². The van der Waals surface area contributed by atoms with E-state index in [2.05, 4.69) is 6.58 Å². The molecule has 0 radical (unpaired) electrons. The van der Waals surface area contributed by atoms with Crippen LogP contribution in [0.3, 0.4) is 0 Å². The van der Waals surface area contributed by atoms with E-state index in [0.29, 0.717) is 0 Å². The van der Waals surface area contributed by atoms with E-state index in [1.54, 1.807) is 20.3 Å². The number of ether oxygens (including phenoxy) is 2. The first kappa shape index (κ1) is 10.4. The Morgan fingerprint density at radius 3 is 2.45 bits per heavy atom. The predicted octanol–water partition coefficient (Wildman–Crippen LogP) is 2.13. The van der Waals surface area contributed by atoms with Crippen molar-refractivity contribution in [2.45, 2.75) is 19.1 Å². The highest BCUT2D eigenvalue weighted by Crippen LogP contribution is 2.02. The molecule has 0 rings (SSSR count). The van der Waals surface area contributed by atoms with Gasteiger partial charge in [0, 0.05) is 20.6 Å². The lowest BCUT2D eigenvalue weighted by molar-refractivity contribution is -0.105. The summed E-state index contributed by atoms with van der Waals surface area (Å²) in [5.74, 6) is 0. The van der Waals surface area contributed by atoms with Crippen molar-refractivity contribution in [3.8, 4) is 0 Å². The van der Waals surface area contributed by atoms with E-state index in [9.17, 15) is 0 Å². The number of rotatable bonds is 6. The van der Waals surface area contributed by atoms with Crippen LogP contribution in [-0.2, 0) is 9.47 Å². The summed E-state index contributed by atoms with van der Waals surface area (Å²) in [5, 5.41) is 0. The number of hydrogen-bond donors (Lipinski definition) is 0. The molecule has 0 atom stereocenters. The lowest BCUT2D eigenvalue weighted by atomic mass is 10.3. The Kier molecular flexibility index (Phi) is 7.10. The molecule has 0 aliphatic carbocycles. The molecule has 2 heteroatoms. The maximum atomic E-state index is 5.00. The standard InChI is InChI=1S/C9H16O2/c1-4-5-6-7-8-9(10-2)11-3/h4-6,9H,1,7-8H2,2-3H3/b6-5+. The van der Waals surface area contributed by atoms with Gasteiger partial charge in [0.2, 0.25) is 0 Å². The maximum Gasteiger partial charge on any atom is 0.157 e. The summed E-state index contributed by atoms with van der Waals surface area (Å²) in [4.78, 5) is 0. The highest BCUT2D eigenvalue weighted by Gasteiger charge is 2.00. The molecule has 0 amide bonds. The van der Waals surface area contributed by atoms with Crippen LogP contribution >= 0.6 is 0 Å². The van der Waals surface area contributed by atoms with E-state index in [0.717, 1.165) is 12.8 Å². The second kappa shape index (κ2) is 7.51. The number of methoxy groups -OCH3 is 2. The van der Waals surface area contributed by atoms with Gasteiger partial charge in [-0.1, -0.05) is 24.8 Å². The lowest BCUT2D eigenvalue weighted by Crippen LogP contribution is -2.11. The molecule has 11 heavy (non-hydrogen) atoms. The van der Waals surface area contributed by atoms with E-state index in [1.807, 2.05) is 12.2 Å². The summed E-state index contributed by atoms with van der Waals surface area (Å²) in [7, 11) is 3.29. The van der Waals surface area contributed by atoms with Crippen molar-refractivity contribution in [1.82, 2.24) is 0 Å². The molecule has 0 aromatic rings. The third kappa shape index (κ3) is 5.83. The van der Waals surface area contributed by atoms with E-state index in [1.165, 1.54) is 0 Å². The minimum Gasteiger partial charge on any atom is -0.356 e. The first-order valence-electron chi connectivity index (χ1n) is 3.68. The van der Waals surface area contributed by atoms with E-state index < -0.39 is 0 Å². The van der Waals surface area contributed by atoms with Crippen LogP contribution in [0.25, 0.3) is 0 Å². The summed E-state index contributed by atoms with van der Waals surface area (Å²) in [6.07, 6.45) is 7.48. The molecule has 0 fully saturated rings. The van der Waals surface area contributed by atoms with Gasteiger partial charge in [-0.3, -0.25) is 0 Å².